The number of ether oxygens (including phenoxy) is 1. The molecule has 2 N–H and O–H groups in total. The Hall–Kier alpha value is -4.05. The van der Waals surface area contributed by atoms with Gasteiger partial charge in [-0.15, -0.1) is 0 Å². The molecule has 0 atom stereocenters. The molecular formula is C23H22N6O. The number of anilines is 3. The van der Waals surface area contributed by atoms with Crippen LogP contribution >= 0.6 is 0 Å². The average molecular weight is 398 g/mol. The van der Waals surface area contributed by atoms with Crippen LogP contribution in [0.25, 0.3) is 11.0 Å². The van der Waals surface area contributed by atoms with Crippen molar-refractivity contribution in [1.29, 1.82) is 5.26 Å². The molecule has 7 heteroatoms. The quantitative estimate of drug-likeness (QED) is 0.497. The number of pyridine rings is 1. The van der Waals surface area contributed by atoms with Crippen LogP contribution in [-0.2, 0) is 13.6 Å². The molecule has 0 saturated carbocycles. The summed E-state index contributed by atoms with van der Waals surface area (Å²) in [6.45, 7) is 2.60. The second-order valence-corrected chi connectivity index (χ2v) is 7.05. The zero-order chi connectivity index (χ0) is 21.1. The second kappa shape index (κ2) is 8.13. The molecule has 0 radical (unpaired) electrons. The Balaban J connectivity index is 1.65. The first-order chi connectivity index (χ1) is 14.6. The number of fused-ring (bicyclic) bond motifs is 1. The summed E-state index contributed by atoms with van der Waals surface area (Å²) < 4.78 is 7.17. The molecule has 2 aromatic carbocycles. The van der Waals surface area contributed by atoms with Crippen LogP contribution in [0.1, 0.15) is 16.7 Å². The summed E-state index contributed by atoms with van der Waals surface area (Å²) in [6, 6.07) is 17.6. The monoisotopic (exact) mass is 398 g/mol. The first kappa shape index (κ1) is 19.3. The number of nitriles is 1. The van der Waals surface area contributed by atoms with Gasteiger partial charge in [-0.25, -0.2) is 9.97 Å². The molecule has 0 bridgehead atoms. The summed E-state index contributed by atoms with van der Waals surface area (Å²) in [5.41, 5.74) is 5.36. The lowest BCUT2D eigenvalue weighted by molar-refractivity contribution is 0.414. The van der Waals surface area contributed by atoms with Crippen LogP contribution in [0.3, 0.4) is 0 Å². The number of hydrogen-bond donors (Lipinski definition) is 2. The lowest BCUT2D eigenvalue weighted by atomic mass is 10.1. The van der Waals surface area contributed by atoms with E-state index in [0.717, 1.165) is 33.6 Å². The number of methoxy groups -OCH3 is 1. The molecule has 0 aliphatic carbocycles. The van der Waals surface area contributed by atoms with E-state index in [1.807, 2.05) is 61.0 Å². The summed E-state index contributed by atoms with van der Waals surface area (Å²) in [5.74, 6) is 2.20. The van der Waals surface area contributed by atoms with Crippen molar-refractivity contribution >= 4 is 28.4 Å². The summed E-state index contributed by atoms with van der Waals surface area (Å²) in [5, 5.41) is 15.9. The zero-order valence-electron chi connectivity index (χ0n) is 17.1. The molecule has 0 fully saturated rings. The highest BCUT2D eigenvalue weighted by Crippen LogP contribution is 2.27. The van der Waals surface area contributed by atoms with E-state index in [0.29, 0.717) is 23.7 Å². The Kier molecular flexibility index (Phi) is 5.22. The molecule has 2 aromatic heterocycles. The lowest BCUT2D eigenvalue weighted by Crippen LogP contribution is -2.05. The maximum absolute atomic E-state index is 9.20. The fraction of sp³-hybridized carbons (Fsp3) is 0.174. The minimum atomic E-state index is 0.600. The van der Waals surface area contributed by atoms with Gasteiger partial charge in [0.1, 0.15) is 17.1 Å². The van der Waals surface area contributed by atoms with Crippen molar-refractivity contribution in [2.24, 2.45) is 7.05 Å². The first-order valence-corrected chi connectivity index (χ1v) is 9.54. The van der Waals surface area contributed by atoms with Gasteiger partial charge in [-0.2, -0.15) is 5.26 Å². The van der Waals surface area contributed by atoms with Crippen molar-refractivity contribution in [2.75, 3.05) is 17.7 Å². The van der Waals surface area contributed by atoms with E-state index in [2.05, 4.69) is 21.7 Å². The van der Waals surface area contributed by atoms with Crippen LogP contribution in [0.4, 0.5) is 17.3 Å². The van der Waals surface area contributed by atoms with E-state index in [4.69, 9.17) is 9.72 Å². The Labute approximate surface area is 175 Å². The van der Waals surface area contributed by atoms with Gasteiger partial charge in [-0.3, -0.25) is 0 Å². The molecule has 0 spiro atoms. The third kappa shape index (κ3) is 3.89. The van der Waals surface area contributed by atoms with Gasteiger partial charge in [-0.05, 0) is 42.3 Å². The maximum Gasteiger partial charge on any atom is 0.156 e. The maximum atomic E-state index is 9.20. The van der Waals surface area contributed by atoms with E-state index in [-0.39, 0.29) is 0 Å². The van der Waals surface area contributed by atoms with Crippen molar-refractivity contribution in [3.63, 3.8) is 0 Å². The minimum Gasteiger partial charge on any atom is -0.497 e. The highest BCUT2D eigenvalue weighted by Gasteiger charge is 2.12. The third-order valence-corrected chi connectivity index (χ3v) is 4.96. The fourth-order valence-corrected chi connectivity index (χ4v) is 3.21. The Morgan fingerprint density at radius 2 is 1.93 bits per heavy atom. The number of nitrogens with zero attached hydrogens (tertiary/aromatic N) is 4. The van der Waals surface area contributed by atoms with Crippen molar-refractivity contribution < 1.29 is 4.74 Å². The van der Waals surface area contributed by atoms with Crippen molar-refractivity contribution in [2.45, 2.75) is 13.5 Å². The standard InChI is InChI=1S/C23H22N6O/c1-15-4-5-17(12-24)10-19(15)27-21-11-20-22(26-14-29(20)2)23(28-21)25-13-16-6-8-18(30-3)9-7-16/h4-11,14H,13H2,1-3H3,(H2,25,27,28). The van der Waals surface area contributed by atoms with Gasteiger partial charge in [0, 0.05) is 25.3 Å². The molecule has 0 saturated heterocycles. The predicted octanol–water partition coefficient (Wildman–Crippen LogP) is 4.51. The molecule has 4 rings (SSSR count). The summed E-state index contributed by atoms with van der Waals surface area (Å²) in [4.78, 5) is 9.25. The van der Waals surface area contributed by atoms with Crippen LogP contribution in [0.2, 0.25) is 0 Å². The van der Waals surface area contributed by atoms with Crippen LogP contribution in [0.15, 0.2) is 54.9 Å². The third-order valence-electron chi connectivity index (χ3n) is 4.96. The molecule has 30 heavy (non-hydrogen) atoms. The summed E-state index contributed by atoms with van der Waals surface area (Å²) >= 11 is 0. The van der Waals surface area contributed by atoms with Crippen molar-refractivity contribution in [3.05, 3.63) is 71.5 Å². The fourth-order valence-electron chi connectivity index (χ4n) is 3.21. The molecule has 150 valence electrons. The number of imidazole rings is 1. The zero-order valence-corrected chi connectivity index (χ0v) is 17.1. The van der Waals surface area contributed by atoms with Gasteiger partial charge < -0.3 is 19.9 Å². The van der Waals surface area contributed by atoms with Gasteiger partial charge in [0.2, 0.25) is 0 Å². The number of rotatable bonds is 6. The Morgan fingerprint density at radius 1 is 1.13 bits per heavy atom. The van der Waals surface area contributed by atoms with E-state index >= 15 is 0 Å². The number of benzene rings is 2. The van der Waals surface area contributed by atoms with E-state index in [1.54, 1.807) is 19.5 Å². The van der Waals surface area contributed by atoms with E-state index in [1.165, 1.54) is 0 Å². The first-order valence-electron chi connectivity index (χ1n) is 9.54. The molecule has 0 amide bonds. The largest absolute Gasteiger partial charge is 0.497 e. The van der Waals surface area contributed by atoms with Crippen LogP contribution < -0.4 is 15.4 Å². The molecule has 7 nitrogen and oxygen atoms in total. The number of aryl methyl sites for hydroxylation is 2. The smallest absolute Gasteiger partial charge is 0.156 e. The molecule has 4 aromatic rings. The highest BCUT2D eigenvalue weighted by atomic mass is 16.5. The summed E-state index contributed by atoms with van der Waals surface area (Å²) in [6.07, 6.45) is 1.77. The Bertz CT molecular complexity index is 1240. The van der Waals surface area contributed by atoms with E-state index in [9.17, 15) is 5.26 Å². The molecule has 0 aliphatic heterocycles. The number of hydrogen-bond acceptors (Lipinski definition) is 6. The molecule has 2 heterocycles. The van der Waals surface area contributed by atoms with E-state index < -0.39 is 0 Å². The molecular weight excluding hydrogens is 376 g/mol. The van der Waals surface area contributed by atoms with Gasteiger partial charge >= 0.3 is 0 Å². The number of aromatic nitrogens is 3. The van der Waals surface area contributed by atoms with Gasteiger partial charge in [0.05, 0.1) is 30.6 Å². The van der Waals surface area contributed by atoms with Gasteiger partial charge in [-0.1, -0.05) is 18.2 Å². The molecule has 0 aliphatic rings. The normalized spacial score (nSPS) is 10.6. The minimum absolute atomic E-state index is 0.600. The van der Waals surface area contributed by atoms with Crippen molar-refractivity contribution in [3.8, 4) is 11.8 Å². The lowest BCUT2D eigenvalue weighted by Gasteiger charge is -2.13. The van der Waals surface area contributed by atoms with Gasteiger partial charge in [0.25, 0.3) is 0 Å². The summed E-state index contributed by atoms with van der Waals surface area (Å²) in [7, 11) is 3.61. The second-order valence-electron chi connectivity index (χ2n) is 7.05. The van der Waals surface area contributed by atoms with Gasteiger partial charge in [0.15, 0.2) is 5.82 Å². The Morgan fingerprint density at radius 3 is 2.67 bits per heavy atom. The average Bonchev–Trinajstić information content (AvgIpc) is 3.15. The van der Waals surface area contributed by atoms with Crippen LogP contribution in [0, 0.1) is 18.3 Å². The van der Waals surface area contributed by atoms with Crippen molar-refractivity contribution in [1.82, 2.24) is 14.5 Å². The topological polar surface area (TPSA) is 87.8 Å². The van der Waals surface area contributed by atoms with Crippen LogP contribution in [-0.4, -0.2) is 21.6 Å². The number of nitrogens with one attached hydrogen (secondary N) is 2. The predicted molar refractivity (Wildman–Crippen MR) is 118 cm³/mol. The molecule has 0 unspecified atom stereocenters. The highest BCUT2D eigenvalue weighted by molar-refractivity contribution is 5.89. The van der Waals surface area contributed by atoms with Crippen LogP contribution in [0.5, 0.6) is 5.75 Å². The SMILES string of the molecule is COc1ccc(CNc2nc(Nc3cc(C#N)ccc3C)cc3c2ncn3C)cc1.